The Bertz CT molecular complexity index is 1690. The lowest BCUT2D eigenvalue weighted by atomic mass is 9.98. The van der Waals surface area contributed by atoms with Crippen LogP contribution in [0.5, 0.6) is 0 Å². The average Bonchev–Trinajstić information content (AvgIpc) is 3.46. The van der Waals surface area contributed by atoms with Crippen molar-refractivity contribution in [2.45, 2.75) is 60.0 Å². The van der Waals surface area contributed by atoms with Gasteiger partial charge in [-0.15, -0.1) is 0 Å². The molecule has 190 valence electrons. The number of aromatic amines is 2. The number of H-pyrrole nitrogens is 2. The number of carbonyl (C=O) groups excluding carboxylic acids is 1. The molecule has 5 rings (SSSR count). The number of carbonyl (C=O) groups is 1. The van der Waals surface area contributed by atoms with Crippen molar-refractivity contribution in [2.75, 3.05) is 0 Å². The number of hydrogen-bond acceptors (Lipinski definition) is 4. The van der Waals surface area contributed by atoms with E-state index in [1.807, 2.05) is 49.1 Å². The maximum Gasteiger partial charge on any atom is 0.253 e. The molecule has 0 aliphatic carbocycles. The number of pyridine rings is 2. The van der Waals surface area contributed by atoms with E-state index in [0.717, 1.165) is 62.9 Å². The zero-order valence-corrected chi connectivity index (χ0v) is 21.9. The molecule has 0 fully saturated rings. The first-order valence-corrected chi connectivity index (χ1v) is 12.7. The number of fused-ring (bicyclic) bond motifs is 2. The van der Waals surface area contributed by atoms with Crippen molar-refractivity contribution in [1.29, 1.82) is 0 Å². The van der Waals surface area contributed by atoms with Crippen LogP contribution in [-0.2, 0) is 13.0 Å². The zero-order chi connectivity index (χ0) is 26.3. The Morgan fingerprint density at radius 3 is 2.70 bits per heavy atom. The summed E-state index contributed by atoms with van der Waals surface area (Å²) in [4.78, 5) is 36.9. The fourth-order valence-electron chi connectivity index (χ4n) is 5.03. The van der Waals surface area contributed by atoms with E-state index in [9.17, 15) is 9.59 Å². The second-order valence-corrected chi connectivity index (χ2v) is 9.90. The van der Waals surface area contributed by atoms with Crippen molar-refractivity contribution in [2.24, 2.45) is 0 Å². The molecule has 1 aromatic carbocycles. The third-order valence-electron chi connectivity index (χ3n) is 6.76. The molecule has 0 atom stereocenters. The van der Waals surface area contributed by atoms with E-state index in [4.69, 9.17) is 5.10 Å². The Hall–Kier alpha value is -4.20. The standard InChI is InChI=1S/C29H32N6O2/c1-6-7-19-10-17(4)33-29(37)24(19)15-32-28(36)23-12-21(22-11-20-8-9-30-27(20)31-14-22)13-25-26(23)18(5)34-35(25)16(2)3/h8-14,16H,6-7,15H2,1-5H3,(H,30,31)(H,32,36)(H,33,37). The molecule has 0 saturated carbocycles. The molecule has 0 saturated heterocycles. The van der Waals surface area contributed by atoms with Gasteiger partial charge in [0.1, 0.15) is 5.65 Å². The first-order chi connectivity index (χ1) is 17.8. The van der Waals surface area contributed by atoms with Gasteiger partial charge in [0.05, 0.1) is 16.8 Å². The molecule has 4 aromatic heterocycles. The van der Waals surface area contributed by atoms with Crippen LogP contribution in [-0.4, -0.2) is 30.6 Å². The van der Waals surface area contributed by atoms with Gasteiger partial charge >= 0.3 is 0 Å². The van der Waals surface area contributed by atoms with Gasteiger partial charge in [-0.2, -0.15) is 5.10 Å². The van der Waals surface area contributed by atoms with Gasteiger partial charge < -0.3 is 15.3 Å². The van der Waals surface area contributed by atoms with E-state index in [0.29, 0.717) is 11.1 Å². The van der Waals surface area contributed by atoms with Gasteiger partial charge in [-0.25, -0.2) is 4.98 Å². The molecule has 0 bridgehead atoms. The second kappa shape index (κ2) is 9.69. The summed E-state index contributed by atoms with van der Waals surface area (Å²) in [5, 5.41) is 9.59. The van der Waals surface area contributed by atoms with Gasteiger partial charge in [-0.3, -0.25) is 14.3 Å². The van der Waals surface area contributed by atoms with E-state index in [1.54, 1.807) is 0 Å². The summed E-state index contributed by atoms with van der Waals surface area (Å²) in [5.41, 5.74) is 7.07. The van der Waals surface area contributed by atoms with Crippen molar-refractivity contribution in [3.63, 3.8) is 0 Å². The first-order valence-electron chi connectivity index (χ1n) is 12.7. The van der Waals surface area contributed by atoms with Crippen molar-refractivity contribution >= 4 is 27.8 Å². The summed E-state index contributed by atoms with van der Waals surface area (Å²) in [6.45, 7) is 10.2. The highest BCUT2D eigenvalue weighted by Crippen LogP contribution is 2.32. The zero-order valence-electron chi connectivity index (χ0n) is 21.9. The predicted octanol–water partition coefficient (Wildman–Crippen LogP) is 5.35. The quantitative estimate of drug-likeness (QED) is 0.282. The molecule has 0 aliphatic rings. The minimum atomic E-state index is -0.239. The van der Waals surface area contributed by atoms with Crippen molar-refractivity contribution in [1.82, 2.24) is 30.0 Å². The maximum atomic E-state index is 13.7. The third-order valence-corrected chi connectivity index (χ3v) is 6.76. The molecule has 37 heavy (non-hydrogen) atoms. The predicted molar refractivity (Wildman–Crippen MR) is 147 cm³/mol. The molecule has 0 spiro atoms. The lowest BCUT2D eigenvalue weighted by molar-refractivity contribution is 0.0952. The van der Waals surface area contributed by atoms with Crippen LogP contribution in [0.15, 0.2) is 47.5 Å². The summed E-state index contributed by atoms with van der Waals surface area (Å²) in [6, 6.07) is 10.1. The van der Waals surface area contributed by atoms with Gasteiger partial charge in [0.15, 0.2) is 0 Å². The number of amides is 1. The van der Waals surface area contributed by atoms with Crippen LogP contribution in [0.25, 0.3) is 33.1 Å². The lowest BCUT2D eigenvalue weighted by Crippen LogP contribution is -2.28. The summed E-state index contributed by atoms with van der Waals surface area (Å²) >= 11 is 0. The largest absolute Gasteiger partial charge is 0.348 e. The van der Waals surface area contributed by atoms with Crippen LogP contribution >= 0.6 is 0 Å². The maximum absolute atomic E-state index is 13.7. The van der Waals surface area contributed by atoms with Crippen molar-refractivity contribution in [3.05, 3.63) is 81.2 Å². The van der Waals surface area contributed by atoms with Crippen LogP contribution < -0.4 is 10.9 Å². The summed E-state index contributed by atoms with van der Waals surface area (Å²) < 4.78 is 1.96. The molecule has 0 unspecified atom stereocenters. The highest BCUT2D eigenvalue weighted by Gasteiger charge is 2.21. The normalized spacial score (nSPS) is 11.6. The van der Waals surface area contributed by atoms with Crippen LogP contribution in [0.2, 0.25) is 0 Å². The second-order valence-electron chi connectivity index (χ2n) is 9.90. The van der Waals surface area contributed by atoms with Crippen LogP contribution in [0.4, 0.5) is 0 Å². The Kier molecular flexibility index (Phi) is 6.41. The topological polar surface area (TPSA) is 108 Å². The number of benzene rings is 1. The number of hydrogen-bond donors (Lipinski definition) is 3. The Morgan fingerprint density at radius 1 is 1.14 bits per heavy atom. The molecule has 0 aliphatic heterocycles. The van der Waals surface area contributed by atoms with Crippen LogP contribution in [0.1, 0.15) is 66.1 Å². The summed E-state index contributed by atoms with van der Waals surface area (Å²) in [6.07, 6.45) is 5.37. The minimum absolute atomic E-state index is 0.121. The molecule has 3 N–H and O–H groups in total. The fraction of sp³-hybridized carbons (Fsp3) is 0.310. The van der Waals surface area contributed by atoms with Crippen molar-refractivity contribution < 1.29 is 4.79 Å². The smallest absolute Gasteiger partial charge is 0.253 e. The van der Waals surface area contributed by atoms with Gasteiger partial charge in [0.2, 0.25) is 0 Å². The number of nitrogens with zero attached hydrogens (tertiary/aromatic N) is 3. The first kappa shape index (κ1) is 24.5. The molecule has 4 heterocycles. The van der Waals surface area contributed by atoms with E-state index in [1.165, 1.54) is 0 Å². The number of rotatable bonds is 7. The SMILES string of the molecule is CCCc1cc(C)[nH]c(=O)c1CNC(=O)c1cc(-c2cnc3[nH]ccc3c2)cc2c1c(C)nn2C(C)C. The Morgan fingerprint density at radius 2 is 1.95 bits per heavy atom. The summed E-state index contributed by atoms with van der Waals surface area (Å²) in [7, 11) is 0. The molecular formula is C29H32N6O2. The van der Waals surface area contributed by atoms with Gasteiger partial charge in [0, 0.05) is 52.6 Å². The van der Waals surface area contributed by atoms with Gasteiger partial charge in [-0.1, -0.05) is 13.3 Å². The molecular weight excluding hydrogens is 464 g/mol. The molecule has 8 heteroatoms. The number of nitrogens with one attached hydrogen (secondary N) is 3. The van der Waals surface area contributed by atoms with Crippen LogP contribution in [0.3, 0.4) is 0 Å². The Labute approximate surface area is 215 Å². The van der Waals surface area contributed by atoms with Gasteiger partial charge in [-0.05, 0) is 75.6 Å². The lowest BCUT2D eigenvalue weighted by Gasteiger charge is -2.13. The molecule has 5 aromatic rings. The molecule has 8 nitrogen and oxygen atoms in total. The van der Waals surface area contributed by atoms with Crippen molar-refractivity contribution in [3.8, 4) is 11.1 Å². The number of aromatic nitrogens is 5. The van der Waals surface area contributed by atoms with E-state index in [2.05, 4.69) is 53.2 Å². The van der Waals surface area contributed by atoms with Crippen LogP contribution in [0, 0.1) is 13.8 Å². The summed E-state index contributed by atoms with van der Waals surface area (Å²) in [5.74, 6) is -0.239. The number of aryl methyl sites for hydroxylation is 3. The molecule has 1 amide bonds. The van der Waals surface area contributed by atoms with E-state index in [-0.39, 0.29) is 24.1 Å². The van der Waals surface area contributed by atoms with Gasteiger partial charge in [0.25, 0.3) is 11.5 Å². The highest BCUT2D eigenvalue weighted by atomic mass is 16.1. The van der Waals surface area contributed by atoms with E-state index < -0.39 is 0 Å². The molecule has 0 radical (unpaired) electrons. The monoisotopic (exact) mass is 496 g/mol. The average molecular weight is 497 g/mol. The minimum Gasteiger partial charge on any atom is -0.348 e. The third kappa shape index (κ3) is 4.55. The highest BCUT2D eigenvalue weighted by molar-refractivity contribution is 6.09. The Balaban J connectivity index is 1.59. The van der Waals surface area contributed by atoms with E-state index >= 15 is 0 Å². The fourth-order valence-corrected chi connectivity index (χ4v) is 5.03.